The predicted molar refractivity (Wildman–Crippen MR) is 105 cm³/mol. The lowest BCUT2D eigenvalue weighted by Gasteiger charge is -2.30. The van der Waals surface area contributed by atoms with E-state index in [2.05, 4.69) is 29.1 Å². The van der Waals surface area contributed by atoms with Crippen molar-refractivity contribution in [3.8, 4) is 22.6 Å². The van der Waals surface area contributed by atoms with Gasteiger partial charge in [-0.25, -0.2) is 9.18 Å². The Hall–Kier alpha value is -3.15. The van der Waals surface area contributed by atoms with Crippen LogP contribution in [0.5, 0.6) is 0 Å². The van der Waals surface area contributed by atoms with Gasteiger partial charge in [-0.2, -0.15) is 0 Å². The van der Waals surface area contributed by atoms with Gasteiger partial charge < -0.3 is 14.5 Å². The van der Waals surface area contributed by atoms with Crippen LogP contribution in [0.1, 0.15) is 35.2 Å². The normalized spacial score (nSPS) is 14.3. The third-order valence-electron chi connectivity index (χ3n) is 5.18. The summed E-state index contributed by atoms with van der Waals surface area (Å²) in [5.41, 5.74) is 3.89. The van der Waals surface area contributed by atoms with E-state index in [1.165, 1.54) is 42.6 Å². The van der Waals surface area contributed by atoms with Crippen LogP contribution in [0, 0.1) is 12.7 Å². The summed E-state index contributed by atoms with van der Waals surface area (Å²) in [4.78, 5) is 13.4. The lowest BCUT2D eigenvalue weighted by Crippen LogP contribution is -2.29. The number of aryl methyl sites for hydroxylation is 1. The third kappa shape index (κ3) is 3.50. The molecule has 1 aliphatic rings. The van der Waals surface area contributed by atoms with Gasteiger partial charge in [0.2, 0.25) is 0 Å². The fourth-order valence-corrected chi connectivity index (χ4v) is 3.69. The van der Waals surface area contributed by atoms with E-state index in [0.717, 1.165) is 24.7 Å². The SMILES string of the molecule is Cc1cc(-c2cc(-c3ccc(C(=O)O)c(F)c3)no2)ccc1N1CCCCC1. The summed E-state index contributed by atoms with van der Waals surface area (Å²) in [5.74, 6) is -1.50. The summed E-state index contributed by atoms with van der Waals surface area (Å²) in [6.07, 6.45) is 3.75. The standard InChI is InChI=1S/C22H21FN2O3/c1-14-11-16(6-8-20(14)25-9-3-2-4-10-25)21-13-19(24-28-21)15-5-7-17(22(26)27)18(23)12-15/h5-8,11-13H,2-4,9-10H2,1H3,(H,26,27). The van der Waals surface area contributed by atoms with Gasteiger partial charge in [0.25, 0.3) is 0 Å². The van der Waals surface area contributed by atoms with Gasteiger partial charge in [0.1, 0.15) is 11.5 Å². The lowest BCUT2D eigenvalue weighted by atomic mass is 10.0. The van der Waals surface area contributed by atoms with Gasteiger partial charge in [0.05, 0.1) is 5.56 Å². The van der Waals surface area contributed by atoms with Crippen molar-refractivity contribution in [3.05, 3.63) is 59.4 Å². The number of carbonyl (C=O) groups is 1. The molecule has 0 amide bonds. The topological polar surface area (TPSA) is 66.6 Å². The molecule has 3 aromatic rings. The summed E-state index contributed by atoms with van der Waals surface area (Å²) in [6, 6.07) is 11.9. The van der Waals surface area contributed by atoms with Crippen molar-refractivity contribution in [2.45, 2.75) is 26.2 Å². The number of carboxylic acid groups (broad SMARTS) is 1. The van der Waals surface area contributed by atoms with E-state index in [-0.39, 0.29) is 5.56 Å². The molecule has 5 nitrogen and oxygen atoms in total. The minimum absolute atomic E-state index is 0.364. The van der Waals surface area contributed by atoms with Gasteiger partial charge in [0.15, 0.2) is 5.76 Å². The van der Waals surface area contributed by atoms with Gasteiger partial charge in [-0.1, -0.05) is 11.2 Å². The molecule has 2 aromatic carbocycles. The van der Waals surface area contributed by atoms with E-state index >= 15 is 0 Å². The highest BCUT2D eigenvalue weighted by molar-refractivity contribution is 5.88. The molecular weight excluding hydrogens is 359 g/mol. The molecular formula is C22H21FN2O3. The van der Waals surface area contributed by atoms with Crippen LogP contribution in [0.4, 0.5) is 10.1 Å². The number of anilines is 1. The first kappa shape index (κ1) is 18.2. The van der Waals surface area contributed by atoms with Crippen molar-refractivity contribution in [1.82, 2.24) is 5.16 Å². The van der Waals surface area contributed by atoms with Gasteiger partial charge in [-0.05, 0) is 62.1 Å². The number of benzene rings is 2. The van der Waals surface area contributed by atoms with Crippen molar-refractivity contribution >= 4 is 11.7 Å². The Balaban J connectivity index is 1.60. The summed E-state index contributed by atoms with van der Waals surface area (Å²) in [6.45, 7) is 4.26. The van der Waals surface area contributed by atoms with Crippen LogP contribution in [0.2, 0.25) is 0 Å². The van der Waals surface area contributed by atoms with Gasteiger partial charge >= 0.3 is 5.97 Å². The van der Waals surface area contributed by atoms with Crippen molar-refractivity contribution in [2.24, 2.45) is 0 Å². The largest absolute Gasteiger partial charge is 0.478 e. The maximum atomic E-state index is 13.9. The molecule has 0 bridgehead atoms. The average molecular weight is 380 g/mol. The summed E-state index contributed by atoms with van der Waals surface area (Å²) >= 11 is 0. The zero-order valence-corrected chi connectivity index (χ0v) is 15.6. The second-order valence-electron chi connectivity index (χ2n) is 7.13. The Kier molecular flexibility index (Phi) is 4.86. The number of aromatic nitrogens is 1. The highest BCUT2D eigenvalue weighted by Gasteiger charge is 2.16. The number of aromatic carboxylic acids is 1. The smallest absolute Gasteiger partial charge is 0.338 e. The zero-order chi connectivity index (χ0) is 19.7. The number of halogens is 1. The Morgan fingerprint density at radius 1 is 1.07 bits per heavy atom. The van der Waals surface area contributed by atoms with Crippen LogP contribution >= 0.6 is 0 Å². The molecule has 0 spiro atoms. The number of rotatable bonds is 4. The number of piperidine rings is 1. The first-order valence-electron chi connectivity index (χ1n) is 9.39. The van der Waals surface area contributed by atoms with E-state index in [0.29, 0.717) is 17.0 Å². The summed E-state index contributed by atoms with van der Waals surface area (Å²) < 4.78 is 19.4. The van der Waals surface area contributed by atoms with E-state index in [1.54, 1.807) is 6.07 Å². The van der Waals surface area contributed by atoms with Crippen LogP contribution in [0.25, 0.3) is 22.6 Å². The average Bonchev–Trinajstić information content (AvgIpc) is 3.18. The van der Waals surface area contributed by atoms with Crippen LogP contribution < -0.4 is 4.90 Å². The number of hydrogen-bond donors (Lipinski definition) is 1. The zero-order valence-electron chi connectivity index (χ0n) is 15.6. The molecule has 144 valence electrons. The quantitative estimate of drug-likeness (QED) is 0.678. The molecule has 0 radical (unpaired) electrons. The molecule has 0 aliphatic carbocycles. The van der Waals surface area contributed by atoms with E-state index in [4.69, 9.17) is 9.63 Å². The van der Waals surface area contributed by atoms with Crippen LogP contribution in [-0.4, -0.2) is 29.3 Å². The minimum Gasteiger partial charge on any atom is -0.478 e. The lowest BCUT2D eigenvalue weighted by molar-refractivity contribution is 0.0692. The van der Waals surface area contributed by atoms with E-state index < -0.39 is 11.8 Å². The first-order chi connectivity index (χ1) is 13.5. The van der Waals surface area contributed by atoms with Crippen molar-refractivity contribution in [3.63, 3.8) is 0 Å². The van der Waals surface area contributed by atoms with Crippen molar-refractivity contribution in [2.75, 3.05) is 18.0 Å². The third-order valence-corrected chi connectivity index (χ3v) is 5.18. The van der Waals surface area contributed by atoms with Gasteiger partial charge in [-0.15, -0.1) is 0 Å². The molecule has 28 heavy (non-hydrogen) atoms. The van der Waals surface area contributed by atoms with Gasteiger partial charge in [0, 0.05) is 36.0 Å². The molecule has 2 heterocycles. The molecule has 1 N–H and O–H groups in total. The number of hydrogen-bond acceptors (Lipinski definition) is 4. The molecule has 4 rings (SSSR count). The molecule has 1 aromatic heterocycles. The molecule has 0 atom stereocenters. The monoisotopic (exact) mass is 380 g/mol. The highest BCUT2D eigenvalue weighted by Crippen LogP contribution is 2.31. The van der Waals surface area contributed by atoms with Crippen LogP contribution in [-0.2, 0) is 0 Å². The minimum atomic E-state index is -1.30. The molecule has 0 unspecified atom stereocenters. The summed E-state index contributed by atoms with van der Waals surface area (Å²) in [7, 11) is 0. The molecule has 1 fully saturated rings. The van der Waals surface area contributed by atoms with Crippen molar-refractivity contribution in [1.29, 1.82) is 0 Å². The van der Waals surface area contributed by atoms with E-state index in [1.807, 2.05) is 6.07 Å². The second-order valence-corrected chi connectivity index (χ2v) is 7.13. The fourth-order valence-electron chi connectivity index (χ4n) is 3.69. The summed E-state index contributed by atoms with van der Waals surface area (Å²) in [5, 5.41) is 13.0. The number of carboxylic acids is 1. The Labute approximate surface area is 162 Å². The first-order valence-corrected chi connectivity index (χ1v) is 9.39. The Morgan fingerprint density at radius 3 is 2.50 bits per heavy atom. The van der Waals surface area contributed by atoms with Crippen LogP contribution in [0.15, 0.2) is 47.0 Å². The maximum absolute atomic E-state index is 13.9. The Bertz CT molecular complexity index is 1020. The van der Waals surface area contributed by atoms with E-state index in [9.17, 15) is 9.18 Å². The second kappa shape index (κ2) is 7.46. The molecule has 1 aliphatic heterocycles. The highest BCUT2D eigenvalue weighted by atomic mass is 19.1. The Morgan fingerprint density at radius 2 is 1.82 bits per heavy atom. The number of nitrogens with zero attached hydrogens (tertiary/aromatic N) is 2. The van der Waals surface area contributed by atoms with Gasteiger partial charge in [-0.3, -0.25) is 0 Å². The predicted octanol–water partition coefficient (Wildman–Crippen LogP) is 5.14. The molecule has 6 heteroatoms. The fraction of sp³-hybridized carbons (Fsp3) is 0.273. The van der Waals surface area contributed by atoms with Crippen molar-refractivity contribution < 1.29 is 18.8 Å². The molecule has 1 saturated heterocycles. The maximum Gasteiger partial charge on any atom is 0.338 e. The van der Waals surface area contributed by atoms with Crippen LogP contribution in [0.3, 0.4) is 0 Å². The molecule has 0 saturated carbocycles.